The molecule has 1 atom stereocenters. The normalized spacial score (nSPS) is 11.8. The van der Waals surface area contributed by atoms with Gasteiger partial charge in [-0.3, -0.25) is 4.79 Å². The van der Waals surface area contributed by atoms with Gasteiger partial charge in [0.05, 0.1) is 28.4 Å². The lowest BCUT2D eigenvalue weighted by molar-refractivity contribution is -0.124. The van der Waals surface area contributed by atoms with Gasteiger partial charge < -0.3 is 23.7 Å². The van der Waals surface area contributed by atoms with E-state index in [0.717, 1.165) is 17.5 Å². The van der Waals surface area contributed by atoms with Crippen LogP contribution in [0.3, 0.4) is 0 Å². The molecule has 0 saturated heterocycles. The fraction of sp³-hybridized carbons (Fsp3) is 0.375. The summed E-state index contributed by atoms with van der Waals surface area (Å²) in [6, 6.07) is 9.30. The molecular weight excluding hydrogens is 384 g/mol. The van der Waals surface area contributed by atoms with Crippen LogP contribution in [-0.4, -0.2) is 40.8 Å². The van der Waals surface area contributed by atoms with Gasteiger partial charge in [-0.1, -0.05) is 32.1 Å². The molecule has 0 aliphatic rings. The van der Waals surface area contributed by atoms with Gasteiger partial charge in [-0.25, -0.2) is 0 Å². The van der Waals surface area contributed by atoms with Crippen LogP contribution >= 0.6 is 0 Å². The van der Waals surface area contributed by atoms with Crippen molar-refractivity contribution in [3.63, 3.8) is 0 Å². The smallest absolute Gasteiger partial charge is 0.203 e. The summed E-state index contributed by atoms with van der Waals surface area (Å²) in [5.74, 6) is 2.86. The molecule has 1 unspecified atom stereocenters. The van der Waals surface area contributed by atoms with E-state index in [1.807, 2.05) is 56.3 Å². The molecule has 6 nitrogen and oxygen atoms in total. The van der Waals surface area contributed by atoms with Gasteiger partial charge in [0.1, 0.15) is 6.61 Å². The quantitative estimate of drug-likeness (QED) is 0.488. The van der Waals surface area contributed by atoms with E-state index < -0.39 is 0 Å². The molecule has 6 heteroatoms. The highest BCUT2D eigenvalue weighted by Gasteiger charge is 2.14. The molecule has 30 heavy (non-hydrogen) atoms. The van der Waals surface area contributed by atoms with Crippen molar-refractivity contribution in [2.75, 3.05) is 35.0 Å². The van der Waals surface area contributed by atoms with Crippen molar-refractivity contribution in [2.45, 2.75) is 20.3 Å². The standard InChI is InChI=1S/C24H30O6/c1-7-16(2)19(25)15-30-21-12-17(10-11-20(21)26-3)8-9-18-13-22(27-4)24(29-6)23(14-18)28-5/h8-14,16H,7,15H2,1-6H3. The third kappa shape index (κ3) is 5.69. The fourth-order valence-corrected chi connectivity index (χ4v) is 2.82. The maximum Gasteiger partial charge on any atom is 0.203 e. The Bertz CT molecular complexity index is 862. The molecule has 162 valence electrons. The van der Waals surface area contributed by atoms with Crippen molar-refractivity contribution in [2.24, 2.45) is 5.92 Å². The largest absolute Gasteiger partial charge is 0.493 e. The first kappa shape index (κ1) is 23.1. The second-order valence-corrected chi connectivity index (χ2v) is 6.77. The minimum absolute atomic E-state index is 0.0193. The molecule has 0 heterocycles. The molecule has 2 aromatic rings. The molecule has 2 aromatic carbocycles. The molecular formula is C24H30O6. The van der Waals surface area contributed by atoms with E-state index >= 15 is 0 Å². The molecule has 2 rings (SSSR count). The van der Waals surface area contributed by atoms with Gasteiger partial charge in [0.2, 0.25) is 5.75 Å². The summed E-state index contributed by atoms with van der Waals surface area (Å²) in [5, 5.41) is 0. The Morgan fingerprint density at radius 1 is 0.833 bits per heavy atom. The van der Waals surface area contributed by atoms with Crippen molar-refractivity contribution in [3.8, 4) is 28.7 Å². The zero-order valence-corrected chi connectivity index (χ0v) is 18.5. The molecule has 0 amide bonds. The number of hydrogen-bond donors (Lipinski definition) is 0. The van der Waals surface area contributed by atoms with Crippen molar-refractivity contribution in [1.82, 2.24) is 0 Å². The SMILES string of the molecule is CCC(C)C(=O)COc1cc(C=Cc2cc(OC)c(OC)c(OC)c2)ccc1OC. The average molecular weight is 414 g/mol. The van der Waals surface area contributed by atoms with Crippen LogP contribution in [0.15, 0.2) is 30.3 Å². The number of hydrogen-bond acceptors (Lipinski definition) is 6. The third-order valence-corrected chi connectivity index (χ3v) is 4.87. The summed E-state index contributed by atoms with van der Waals surface area (Å²) in [5.41, 5.74) is 1.78. The van der Waals surface area contributed by atoms with E-state index in [2.05, 4.69) is 0 Å². The second kappa shape index (κ2) is 11.1. The van der Waals surface area contributed by atoms with E-state index in [-0.39, 0.29) is 18.3 Å². The van der Waals surface area contributed by atoms with Gasteiger partial charge in [-0.2, -0.15) is 0 Å². The van der Waals surface area contributed by atoms with Crippen molar-refractivity contribution in [1.29, 1.82) is 0 Å². The van der Waals surface area contributed by atoms with Crippen LogP contribution in [0.25, 0.3) is 12.2 Å². The maximum absolute atomic E-state index is 12.1. The van der Waals surface area contributed by atoms with E-state index in [1.54, 1.807) is 28.4 Å². The van der Waals surface area contributed by atoms with E-state index in [0.29, 0.717) is 28.7 Å². The molecule has 0 radical (unpaired) electrons. The highest BCUT2D eigenvalue weighted by molar-refractivity contribution is 5.82. The van der Waals surface area contributed by atoms with Gasteiger partial charge >= 0.3 is 0 Å². The zero-order valence-electron chi connectivity index (χ0n) is 18.5. The van der Waals surface area contributed by atoms with Crippen LogP contribution in [0.4, 0.5) is 0 Å². The predicted molar refractivity (Wildman–Crippen MR) is 118 cm³/mol. The summed E-state index contributed by atoms with van der Waals surface area (Å²) in [6.45, 7) is 3.91. The summed E-state index contributed by atoms with van der Waals surface area (Å²) in [4.78, 5) is 12.1. The lowest BCUT2D eigenvalue weighted by Gasteiger charge is -2.13. The zero-order chi connectivity index (χ0) is 22.1. The minimum Gasteiger partial charge on any atom is -0.493 e. The van der Waals surface area contributed by atoms with Gasteiger partial charge in [0, 0.05) is 5.92 Å². The Balaban J connectivity index is 2.26. The molecule has 0 spiro atoms. The van der Waals surface area contributed by atoms with Crippen LogP contribution in [0.5, 0.6) is 28.7 Å². The van der Waals surface area contributed by atoms with Crippen LogP contribution in [0.2, 0.25) is 0 Å². The first-order valence-electron chi connectivity index (χ1n) is 9.78. The van der Waals surface area contributed by atoms with Crippen molar-refractivity contribution >= 4 is 17.9 Å². The summed E-state index contributed by atoms with van der Waals surface area (Å²) < 4.78 is 27.3. The van der Waals surface area contributed by atoms with Crippen LogP contribution in [0.1, 0.15) is 31.4 Å². The number of ketones is 1. The summed E-state index contributed by atoms with van der Waals surface area (Å²) in [7, 11) is 6.31. The number of benzene rings is 2. The predicted octanol–water partition coefficient (Wildman–Crippen LogP) is 4.89. The molecule has 0 aliphatic carbocycles. The topological polar surface area (TPSA) is 63.2 Å². The van der Waals surface area contributed by atoms with Gasteiger partial charge in [0.25, 0.3) is 0 Å². The van der Waals surface area contributed by atoms with Crippen LogP contribution < -0.4 is 23.7 Å². The lowest BCUT2D eigenvalue weighted by Crippen LogP contribution is -2.18. The minimum atomic E-state index is -0.0286. The highest BCUT2D eigenvalue weighted by Crippen LogP contribution is 2.38. The van der Waals surface area contributed by atoms with Gasteiger partial charge in [-0.05, 0) is 41.8 Å². The van der Waals surface area contributed by atoms with Gasteiger partial charge in [-0.15, -0.1) is 0 Å². The Morgan fingerprint density at radius 3 is 1.93 bits per heavy atom. The van der Waals surface area contributed by atoms with E-state index in [1.165, 1.54) is 0 Å². The van der Waals surface area contributed by atoms with Crippen LogP contribution in [0, 0.1) is 5.92 Å². The molecule has 0 N–H and O–H groups in total. The van der Waals surface area contributed by atoms with Crippen LogP contribution in [-0.2, 0) is 4.79 Å². The number of carbonyl (C=O) groups excluding carboxylic acids is 1. The first-order valence-corrected chi connectivity index (χ1v) is 9.78. The van der Waals surface area contributed by atoms with E-state index in [4.69, 9.17) is 23.7 Å². The number of Topliss-reactive ketones (excluding diaryl/α,β-unsaturated/α-hetero) is 1. The summed E-state index contributed by atoms with van der Waals surface area (Å²) in [6.07, 6.45) is 4.65. The van der Waals surface area contributed by atoms with E-state index in [9.17, 15) is 4.79 Å². The number of carbonyl (C=O) groups is 1. The number of rotatable bonds is 11. The highest BCUT2D eigenvalue weighted by atomic mass is 16.5. The number of methoxy groups -OCH3 is 4. The van der Waals surface area contributed by atoms with Crippen molar-refractivity contribution in [3.05, 3.63) is 41.5 Å². The van der Waals surface area contributed by atoms with Crippen molar-refractivity contribution < 1.29 is 28.5 Å². The fourth-order valence-electron chi connectivity index (χ4n) is 2.82. The maximum atomic E-state index is 12.1. The molecule has 0 fully saturated rings. The number of ether oxygens (including phenoxy) is 5. The monoisotopic (exact) mass is 414 g/mol. The molecule has 0 bridgehead atoms. The Hall–Kier alpha value is -3.15. The Morgan fingerprint density at radius 2 is 1.40 bits per heavy atom. The molecule has 0 saturated carbocycles. The van der Waals surface area contributed by atoms with Gasteiger partial charge in [0.15, 0.2) is 28.8 Å². The molecule has 0 aliphatic heterocycles. The Labute approximate surface area is 178 Å². The first-order chi connectivity index (χ1) is 14.5. The third-order valence-electron chi connectivity index (χ3n) is 4.87. The Kier molecular flexibility index (Phi) is 8.59. The average Bonchev–Trinajstić information content (AvgIpc) is 2.79. The summed E-state index contributed by atoms with van der Waals surface area (Å²) >= 11 is 0. The second-order valence-electron chi connectivity index (χ2n) is 6.77. The molecule has 0 aromatic heterocycles. The lowest BCUT2D eigenvalue weighted by atomic mass is 10.0.